The van der Waals surface area contributed by atoms with Gasteiger partial charge in [-0.25, -0.2) is 0 Å². The monoisotopic (exact) mass is 869 g/mol. The van der Waals surface area contributed by atoms with E-state index in [1.807, 2.05) is 63.2 Å². The molecule has 16 nitrogen and oxygen atoms in total. The van der Waals surface area contributed by atoms with E-state index >= 15 is 0 Å². The van der Waals surface area contributed by atoms with Crippen LogP contribution in [0.5, 0.6) is 5.75 Å². The molecule has 18 atom stereocenters. The summed E-state index contributed by atoms with van der Waals surface area (Å²) in [4.78, 5) is 22.1. The summed E-state index contributed by atoms with van der Waals surface area (Å²) in [6.45, 7) is 17.3. The number of nitrogens with zero attached hydrogens (tertiary/aromatic N) is 2. The van der Waals surface area contributed by atoms with Gasteiger partial charge in [0.25, 0.3) is 0 Å². The van der Waals surface area contributed by atoms with Crippen LogP contribution in [-0.2, 0) is 38.1 Å². The number of rotatable bonds is 12. The summed E-state index contributed by atoms with van der Waals surface area (Å²) in [5.74, 6) is -3.46. The SMILES string of the molecule is CC[C@@H]1OC(=O)[C@H](C)[C@@H](OC2C[C@@](C)(OC)[C@@H](O)[C@H](C)O2)[C@H](C)[C@@H](O[C@@H]2O[C@H](C)C[C@H](N(C)C)[C@H]2O)C(C)(O)C[C@@H](C)/C(=N\OCCOc2ccccc2)[C@@H](C)[C@@H](O)[C@]1(C)O. The van der Waals surface area contributed by atoms with Gasteiger partial charge < -0.3 is 68.4 Å². The van der Waals surface area contributed by atoms with E-state index in [0.29, 0.717) is 17.9 Å². The molecule has 0 bridgehead atoms. The molecule has 3 heterocycles. The van der Waals surface area contributed by atoms with Gasteiger partial charge in [0.2, 0.25) is 0 Å². The Hall–Kier alpha value is -2.48. The maximum atomic E-state index is 14.4. The highest BCUT2D eigenvalue weighted by molar-refractivity contribution is 5.88. The number of ether oxygens (including phenoxy) is 7. The number of aliphatic hydroxyl groups excluding tert-OH is 3. The zero-order chi connectivity index (χ0) is 45.6. The van der Waals surface area contributed by atoms with Gasteiger partial charge in [-0.05, 0) is 87.0 Å². The van der Waals surface area contributed by atoms with Gasteiger partial charge in [0.1, 0.15) is 36.3 Å². The average molecular weight is 869 g/mol. The number of hydrogen-bond acceptors (Lipinski definition) is 16. The van der Waals surface area contributed by atoms with E-state index in [0.717, 1.165) is 0 Å². The normalized spacial score (nSPS) is 44.0. The Balaban J connectivity index is 1.82. The molecule has 3 fully saturated rings. The number of aliphatic hydroxyl groups is 5. The fraction of sp³-hybridized carbons (Fsp3) is 0.822. The smallest absolute Gasteiger partial charge is 0.311 e. The number of hydrogen-bond donors (Lipinski definition) is 5. The molecule has 3 aliphatic heterocycles. The Labute approximate surface area is 362 Å². The van der Waals surface area contributed by atoms with Gasteiger partial charge in [-0.3, -0.25) is 4.79 Å². The van der Waals surface area contributed by atoms with E-state index in [2.05, 4.69) is 5.16 Å². The third kappa shape index (κ3) is 12.2. The molecule has 16 heteroatoms. The largest absolute Gasteiger partial charge is 0.490 e. The minimum absolute atomic E-state index is 0.0208. The van der Waals surface area contributed by atoms with Gasteiger partial charge >= 0.3 is 5.97 Å². The van der Waals surface area contributed by atoms with Crippen LogP contribution in [0.4, 0.5) is 0 Å². The second-order valence-electron chi connectivity index (χ2n) is 18.6. The topological polar surface area (TPSA) is 208 Å². The molecule has 3 saturated heterocycles. The lowest BCUT2D eigenvalue weighted by Gasteiger charge is -2.49. The third-order valence-electron chi connectivity index (χ3n) is 13.2. The molecule has 0 saturated carbocycles. The summed E-state index contributed by atoms with van der Waals surface area (Å²) in [5.41, 5.74) is -4.46. The molecule has 5 N–H and O–H groups in total. The van der Waals surface area contributed by atoms with Crippen molar-refractivity contribution in [2.75, 3.05) is 34.4 Å². The fourth-order valence-corrected chi connectivity index (χ4v) is 9.43. The van der Waals surface area contributed by atoms with Gasteiger partial charge in [0.15, 0.2) is 19.2 Å². The van der Waals surface area contributed by atoms with E-state index in [1.165, 1.54) is 14.0 Å². The predicted octanol–water partition coefficient (Wildman–Crippen LogP) is 3.67. The molecule has 0 aliphatic carbocycles. The van der Waals surface area contributed by atoms with Crippen LogP contribution in [0.25, 0.3) is 0 Å². The van der Waals surface area contributed by atoms with Gasteiger partial charge in [0, 0.05) is 37.3 Å². The van der Waals surface area contributed by atoms with Gasteiger partial charge in [-0.15, -0.1) is 0 Å². The lowest BCUT2D eigenvalue weighted by atomic mass is 9.73. The Morgan fingerprint density at radius 3 is 2.15 bits per heavy atom. The Kier molecular flexibility index (Phi) is 18.0. The van der Waals surface area contributed by atoms with E-state index in [9.17, 15) is 30.3 Å². The molecular formula is C45H76N2O14. The van der Waals surface area contributed by atoms with Crippen molar-refractivity contribution in [2.24, 2.45) is 28.8 Å². The summed E-state index contributed by atoms with van der Waals surface area (Å²) in [6.07, 6.45) is -9.47. The van der Waals surface area contributed by atoms with E-state index in [4.69, 9.17) is 38.0 Å². The van der Waals surface area contributed by atoms with E-state index in [-0.39, 0.29) is 44.6 Å². The predicted molar refractivity (Wildman–Crippen MR) is 227 cm³/mol. The summed E-state index contributed by atoms with van der Waals surface area (Å²) >= 11 is 0. The van der Waals surface area contributed by atoms with E-state index in [1.54, 1.807) is 48.5 Å². The number of benzene rings is 1. The fourth-order valence-electron chi connectivity index (χ4n) is 9.43. The maximum Gasteiger partial charge on any atom is 0.311 e. The maximum absolute atomic E-state index is 14.4. The van der Waals surface area contributed by atoms with Crippen LogP contribution < -0.4 is 4.74 Å². The minimum atomic E-state index is -1.97. The highest BCUT2D eigenvalue weighted by Gasteiger charge is 2.53. The third-order valence-corrected chi connectivity index (χ3v) is 13.2. The van der Waals surface area contributed by atoms with Crippen LogP contribution in [0.3, 0.4) is 0 Å². The first-order valence-corrected chi connectivity index (χ1v) is 21.9. The summed E-state index contributed by atoms with van der Waals surface area (Å²) in [7, 11) is 5.23. The van der Waals surface area contributed by atoms with Crippen LogP contribution in [0.1, 0.15) is 94.9 Å². The van der Waals surface area contributed by atoms with Crippen LogP contribution in [0, 0.1) is 23.7 Å². The van der Waals surface area contributed by atoms with Gasteiger partial charge in [-0.1, -0.05) is 51.0 Å². The van der Waals surface area contributed by atoms with Crippen molar-refractivity contribution in [3.63, 3.8) is 0 Å². The molecule has 2 unspecified atom stereocenters. The molecule has 3 aliphatic rings. The van der Waals surface area contributed by atoms with Crippen LogP contribution in [0.2, 0.25) is 0 Å². The van der Waals surface area contributed by atoms with Crippen LogP contribution >= 0.6 is 0 Å². The van der Waals surface area contributed by atoms with Crippen molar-refractivity contribution in [1.29, 1.82) is 0 Å². The van der Waals surface area contributed by atoms with Crippen molar-refractivity contribution in [3.05, 3.63) is 30.3 Å². The number of likely N-dealkylation sites (N-methyl/N-ethyl adjacent to an activating group) is 1. The zero-order valence-corrected chi connectivity index (χ0v) is 38.6. The van der Waals surface area contributed by atoms with Crippen molar-refractivity contribution in [3.8, 4) is 5.75 Å². The molecule has 0 radical (unpaired) electrons. The first-order chi connectivity index (χ1) is 28.5. The summed E-state index contributed by atoms with van der Waals surface area (Å²) < 4.78 is 43.6. The van der Waals surface area contributed by atoms with Crippen molar-refractivity contribution in [1.82, 2.24) is 4.90 Å². The zero-order valence-electron chi connectivity index (χ0n) is 38.6. The number of carbonyl (C=O) groups is 1. The van der Waals surface area contributed by atoms with Crippen LogP contribution in [0.15, 0.2) is 35.5 Å². The van der Waals surface area contributed by atoms with Crippen LogP contribution in [-0.4, -0.2) is 161 Å². The highest BCUT2D eigenvalue weighted by atomic mass is 16.7. The Bertz CT molecular complexity index is 1550. The Morgan fingerprint density at radius 2 is 1.54 bits per heavy atom. The second kappa shape index (κ2) is 21.5. The minimum Gasteiger partial charge on any atom is -0.490 e. The number of para-hydroxylation sites is 1. The summed E-state index contributed by atoms with van der Waals surface area (Å²) in [6, 6.07) is 8.92. The van der Waals surface area contributed by atoms with E-state index < -0.39 is 102 Å². The molecule has 0 spiro atoms. The highest BCUT2D eigenvalue weighted by Crippen LogP contribution is 2.41. The average Bonchev–Trinajstić information content (AvgIpc) is 3.20. The molecule has 1 aromatic carbocycles. The summed E-state index contributed by atoms with van der Waals surface area (Å²) in [5, 5.41) is 64.0. The van der Waals surface area contributed by atoms with Crippen molar-refractivity contribution in [2.45, 2.75) is 179 Å². The molecule has 4 rings (SSSR count). The number of methoxy groups -OCH3 is 1. The standard InChI is InChI=1S/C45H76N2O14/c1-14-33-45(10,53)38(49)27(4)35(46-56-21-20-55-31-18-16-15-17-19-31)25(2)23-43(8,52)40(61-42-36(48)32(47(11)12)22-26(3)57-42)28(5)37(29(6)41(51)59-33)60-34-24-44(9,54-13)39(50)30(7)58-34/h15-19,25-30,32-34,36-40,42,48-50,52-53H,14,20-24H2,1-13H3/b46-35+/t25-,26-,27-,28+,29-,30+,32+,33+,34?,36-,37+,38-,39+,40-,42+,43?,44-,45-/m1/s1. The molecular weight excluding hydrogens is 792 g/mol. The van der Waals surface area contributed by atoms with Gasteiger partial charge in [-0.2, -0.15) is 0 Å². The molecule has 61 heavy (non-hydrogen) atoms. The lowest BCUT2D eigenvalue weighted by molar-refractivity contribution is -0.317. The quantitative estimate of drug-likeness (QED) is 0.115. The molecule has 1 aromatic rings. The van der Waals surface area contributed by atoms with Gasteiger partial charge in [0.05, 0.1) is 53.4 Å². The first kappa shape index (κ1) is 51.2. The number of esters is 1. The number of carbonyl (C=O) groups excluding carboxylic acids is 1. The Morgan fingerprint density at radius 1 is 0.885 bits per heavy atom. The molecule has 0 amide bonds. The lowest BCUT2D eigenvalue weighted by Crippen LogP contribution is -2.61. The first-order valence-electron chi connectivity index (χ1n) is 21.9. The number of cyclic esters (lactones) is 1. The number of oxime groups is 1. The van der Waals surface area contributed by atoms with Crippen molar-refractivity contribution >= 4 is 11.7 Å². The molecule has 0 aromatic heterocycles. The second-order valence-corrected chi connectivity index (χ2v) is 18.6. The van der Waals surface area contributed by atoms with Crippen molar-refractivity contribution < 1.29 is 68.3 Å². The molecule has 350 valence electrons.